The van der Waals surface area contributed by atoms with Crippen LogP contribution in [0.25, 0.3) is 11.3 Å². The van der Waals surface area contributed by atoms with Crippen LogP contribution in [0.2, 0.25) is 0 Å². The number of rotatable bonds is 8. The summed E-state index contributed by atoms with van der Waals surface area (Å²) < 4.78 is 12.8. The lowest BCUT2D eigenvalue weighted by Gasteiger charge is -2.19. The number of aromatic nitrogens is 2. The van der Waals surface area contributed by atoms with Crippen molar-refractivity contribution < 1.29 is 14.3 Å². The van der Waals surface area contributed by atoms with Crippen molar-refractivity contribution in [3.8, 4) is 6.07 Å². The fraction of sp³-hybridized carbons (Fsp3) is 0.458. The van der Waals surface area contributed by atoms with Crippen molar-refractivity contribution in [1.29, 1.82) is 5.26 Å². The second kappa shape index (κ2) is 10.1. The van der Waals surface area contributed by atoms with Crippen LogP contribution in [0, 0.1) is 18.3 Å². The molecule has 0 aliphatic heterocycles. The molecule has 6 heteroatoms. The molecule has 0 saturated heterocycles. The average molecular weight is 410 g/mol. The van der Waals surface area contributed by atoms with Gasteiger partial charge in [0, 0.05) is 13.0 Å². The Bertz CT molecular complexity index is 942. The van der Waals surface area contributed by atoms with Gasteiger partial charge in [-0.05, 0) is 42.9 Å². The van der Waals surface area contributed by atoms with Crippen molar-refractivity contribution in [3.63, 3.8) is 0 Å². The molecule has 0 spiro atoms. The second-order valence-electron chi connectivity index (χ2n) is 8.16. The largest absolute Gasteiger partial charge is 0.454 e. The number of nitrogens with zero attached hydrogens (tertiary/aromatic N) is 3. The molecule has 0 saturated carbocycles. The molecule has 2 rings (SSSR count). The van der Waals surface area contributed by atoms with Crippen LogP contribution in [0.1, 0.15) is 70.0 Å². The standard InChI is InChI=1S/C24H31N3O3/c1-7-9-22(28)29-16-30-23(21-14-17(3)26-27(21)8-2)20(15-25)18-10-12-19(13-11-18)24(4,5)6/h10-14H,7-9,16H2,1-6H3/b23-20-. The Balaban J connectivity index is 2.49. The number of allylic oxidation sites excluding steroid dienone is 1. The van der Waals surface area contributed by atoms with Crippen molar-refractivity contribution in [2.45, 2.75) is 66.3 Å². The molecule has 0 fully saturated rings. The first-order valence-electron chi connectivity index (χ1n) is 10.3. The third-order valence-corrected chi connectivity index (χ3v) is 4.69. The van der Waals surface area contributed by atoms with E-state index in [4.69, 9.17) is 9.47 Å². The van der Waals surface area contributed by atoms with E-state index < -0.39 is 0 Å². The topological polar surface area (TPSA) is 77.1 Å². The molecule has 160 valence electrons. The van der Waals surface area contributed by atoms with Gasteiger partial charge in [-0.1, -0.05) is 52.0 Å². The Labute approximate surface area is 179 Å². The van der Waals surface area contributed by atoms with Crippen LogP contribution in [0.5, 0.6) is 0 Å². The van der Waals surface area contributed by atoms with Crippen LogP contribution in [0.15, 0.2) is 30.3 Å². The summed E-state index contributed by atoms with van der Waals surface area (Å²) in [6, 6.07) is 12.0. The van der Waals surface area contributed by atoms with Gasteiger partial charge in [0.25, 0.3) is 0 Å². The van der Waals surface area contributed by atoms with Gasteiger partial charge in [-0.15, -0.1) is 0 Å². The van der Waals surface area contributed by atoms with E-state index >= 15 is 0 Å². The monoisotopic (exact) mass is 409 g/mol. The molecule has 6 nitrogen and oxygen atoms in total. The molecule has 1 aromatic heterocycles. The summed E-state index contributed by atoms with van der Waals surface area (Å²) in [4.78, 5) is 11.7. The second-order valence-corrected chi connectivity index (χ2v) is 8.16. The molecule has 0 amide bonds. The summed E-state index contributed by atoms with van der Waals surface area (Å²) >= 11 is 0. The quantitative estimate of drug-likeness (QED) is 0.259. The van der Waals surface area contributed by atoms with Crippen LogP contribution in [0.3, 0.4) is 0 Å². The van der Waals surface area contributed by atoms with Crippen molar-refractivity contribution in [1.82, 2.24) is 9.78 Å². The molecule has 0 unspecified atom stereocenters. The van der Waals surface area contributed by atoms with Crippen LogP contribution in [0.4, 0.5) is 0 Å². The zero-order valence-electron chi connectivity index (χ0n) is 18.8. The molecule has 0 atom stereocenters. The van der Waals surface area contributed by atoms with E-state index in [1.165, 1.54) is 5.56 Å². The number of esters is 1. The lowest BCUT2D eigenvalue weighted by Crippen LogP contribution is -2.12. The Morgan fingerprint density at radius 3 is 2.37 bits per heavy atom. The number of aryl methyl sites for hydroxylation is 2. The van der Waals surface area contributed by atoms with E-state index in [1.54, 1.807) is 4.68 Å². The van der Waals surface area contributed by atoms with Gasteiger partial charge >= 0.3 is 5.97 Å². The van der Waals surface area contributed by atoms with Gasteiger partial charge in [0.05, 0.1) is 5.69 Å². The fourth-order valence-electron chi connectivity index (χ4n) is 3.06. The lowest BCUT2D eigenvalue weighted by molar-refractivity contribution is -0.151. The third-order valence-electron chi connectivity index (χ3n) is 4.69. The van der Waals surface area contributed by atoms with Gasteiger partial charge in [-0.3, -0.25) is 9.48 Å². The Kier molecular flexibility index (Phi) is 7.82. The summed E-state index contributed by atoms with van der Waals surface area (Å²) in [5.74, 6) is 0.0258. The molecular formula is C24H31N3O3. The molecular weight excluding hydrogens is 378 g/mol. The first-order chi connectivity index (χ1) is 14.2. The van der Waals surface area contributed by atoms with E-state index in [0.29, 0.717) is 36.4 Å². The minimum Gasteiger partial charge on any atom is -0.454 e. The van der Waals surface area contributed by atoms with Gasteiger partial charge in [0.1, 0.15) is 17.3 Å². The van der Waals surface area contributed by atoms with Crippen molar-refractivity contribution in [3.05, 3.63) is 52.8 Å². The molecule has 0 bridgehead atoms. The van der Waals surface area contributed by atoms with Gasteiger partial charge in [0.15, 0.2) is 5.76 Å². The summed E-state index contributed by atoms with van der Waals surface area (Å²) in [5, 5.41) is 14.4. The maximum Gasteiger partial charge on any atom is 0.308 e. The molecule has 0 aliphatic carbocycles. The number of carbonyl (C=O) groups is 1. The van der Waals surface area contributed by atoms with Crippen molar-refractivity contribution >= 4 is 17.3 Å². The molecule has 2 aromatic rings. The molecule has 30 heavy (non-hydrogen) atoms. The number of ether oxygens (including phenoxy) is 2. The molecule has 0 aliphatic rings. The Morgan fingerprint density at radius 2 is 1.83 bits per heavy atom. The predicted octanol–water partition coefficient (Wildman–Crippen LogP) is 5.22. The maximum atomic E-state index is 11.7. The molecule has 0 N–H and O–H groups in total. The van der Waals surface area contributed by atoms with E-state index in [1.807, 2.05) is 51.1 Å². The van der Waals surface area contributed by atoms with Gasteiger partial charge in [-0.25, -0.2) is 0 Å². The summed E-state index contributed by atoms with van der Waals surface area (Å²) in [6.45, 7) is 12.6. The smallest absolute Gasteiger partial charge is 0.308 e. The Hall–Kier alpha value is -3.07. The van der Waals surface area contributed by atoms with Crippen LogP contribution < -0.4 is 0 Å². The highest BCUT2D eigenvalue weighted by Gasteiger charge is 2.20. The maximum absolute atomic E-state index is 11.7. The van der Waals surface area contributed by atoms with E-state index in [9.17, 15) is 10.1 Å². The van der Waals surface area contributed by atoms with Crippen LogP contribution in [-0.4, -0.2) is 22.5 Å². The lowest BCUT2D eigenvalue weighted by atomic mass is 9.86. The van der Waals surface area contributed by atoms with E-state index in [-0.39, 0.29) is 18.2 Å². The van der Waals surface area contributed by atoms with Gasteiger partial charge in [-0.2, -0.15) is 10.4 Å². The molecule has 1 aromatic carbocycles. The Morgan fingerprint density at radius 1 is 1.17 bits per heavy atom. The molecule has 1 heterocycles. The zero-order chi connectivity index (χ0) is 22.3. The first-order valence-corrected chi connectivity index (χ1v) is 10.3. The van der Waals surface area contributed by atoms with Gasteiger partial charge < -0.3 is 9.47 Å². The SMILES string of the molecule is CCCC(=O)OCO/C(=C(/C#N)c1ccc(C(C)(C)C)cc1)c1cc(C)nn1CC. The number of benzene rings is 1. The normalized spacial score (nSPS) is 12.2. The highest BCUT2D eigenvalue weighted by atomic mass is 16.7. The number of hydrogen-bond acceptors (Lipinski definition) is 5. The minimum atomic E-state index is -0.329. The van der Waals surface area contributed by atoms with E-state index in [0.717, 1.165) is 11.3 Å². The summed E-state index contributed by atoms with van der Waals surface area (Å²) in [7, 11) is 0. The zero-order valence-corrected chi connectivity index (χ0v) is 18.8. The predicted molar refractivity (Wildman–Crippen MR) is 117 cm³/mol. The van der Waals surface area contributed by atoms with E-state index in [2.05, 4.69) is 31.9 Å². The number of hydrogen-bond donors (Lipinski definition) is 0. The van der Waals surface area contributed by atoms with Crippen LogP contribution in [-0.2, 0) is 26.2 Å². The summed E-state index contributed by atoms with van der Waals surface area (Å²) in [6.07, 6.45) is 1.03. The summed E-state index contributed by atoms with van der Waals surface area (Å²) in [5.41, 5.74) is 3.79. The average Bonchev–Trinajstić information content (AvgIpc) is 3.07. The fourth-order valence-corrected chi connectivity index (χ4v) is 3.06. The van der Waals surface area contributed by atoms with Crippen molar-refractivity contribution in [2.24, 2.45) is 0 Å². The molecule has 0 radical (unpaired) electrons. The highest BCUT2D eigenvalue weighted by Crippen LogP contribution is 2.30. The van der Waals surface area contributed by atoms with Gasteiger partial charge in [0.2, 0.25) is 6.79 Å². The third kappa shape index (κ3) is 5.73. The first kappa shape index (κ1) is 23.2. The van der Waals surface area contributed by atoms with Crippen molar-refractivity contribution in [2.75, 3.05) is 6.79 Å². The number of carbonyl (C=O) groups excluding carboxylic acids is 1. The minimum absolute atomic E-state index is 0.0137. The number of nitriles is 1. The highest BCUT2D eigenvalue weighted by molar-refractivity contribution is 5.94. The van der Waals surface area contributed by atoms with Crippen LogP contribution >= 0.6 is 0 Å².